The lowest BCUT2D eigenvalue weighted by Gasteiger charge is -2.32. The number of anilines is 1. The fraction of sp³-hybridized carbons (Fsp3) is 0.316. The Hall–Kier alpha value is -2.09. The maximum Gasteiger partial charge on any atom is 0.261 e. The number of likely N-dealkylation sites (N-methyl/N-ethyl adjacent to an activating group) is 1. The van der Waals surface area contributed by atoms with E-state index in [1.165, 1.54) is 29.2 Å². The fourth-order valence-corrected chi connectivity index (χ4v) is 4.33. The SMILES string of the molecule is CC[NH+]1CCN(C(=O)c2ccccc2NS(=O)(=O)c2ccc(Cl)cc2)CC1. The zero-order valence-corrected chi connectivity index (χ0v) is 16.7. The van der Waals surface area contributed by atoms with Crippen molar-refractivity contribution in [2.75, 3.05) is 37.4 Å². The summed E-state index contributed by atoms with van der Waals surface area (Å²) in [4.78, 5) is 16.3. The van der Waals surface area contributed by atoms with Crippen molar-refractivity contribution in [2.45, 2.75) is 11.8 Å². The van der Waals surface area contributed by atoms with E-state index in [0.29, 0.717) is 23.7 Å². The topological polar surface area (TPSA) is 70.9 Å². The van der Waals surface area contributed by atoms with Crippen molar-refractivity contribution >= 4 is 33.2 Å². The Bertz CT molecular complexity index is 908. The molecule has 27 heavy (non-hydrogen) atoms. The van der Waals surface area contributed by atoms with Gasteiger partial charge in [0.25, 0.3) is 15.9 Å². The molecule has 2 aromatic carbocycles. The summed E-state index contributed by atoms with van der Waals surface area (Å²) in [7, 11) is -3.81. The molecule has 6 nitrogen and oxygen atoms in total. The Morgan fingerprint density at radius 3 is 2.37 bits per heavy atom. The molecule has 1 saturated heterocycles. The van der Waals surface area contributed by atoms with Crippen LogP contribution in [0, 0.1) is 0 Å². The zero-order valence-electron chi connectivity index (χ0n) is 15.1. The quantitative estimate of drug-likeness (QED) is 0.787. The maximum absolute atomic E-state index is 12.9. The number of quaternary nitrogens is 1. The first-order valence-electron chi connectivity index (χ1n) is 8.91. The fourth-order valence-electron chi connectivity index (χ4n) is 3.13. The molecule has 0 radical (unpaired) electrons. The van der Waals surface area contributed by atoms with Crippen molar-refractivity contribution in [3.63, 3.8) is 0 Å². The normalized spacial score (nSPS) is 15.6. The third-order valence-electron chi connectivity index (χ3n) is 4.78. The molecule has 3 rings (SSSR count). The lowest BCUT2D eigenvalue weighted by Crippen LogP contribution is -3.14. The number of halogens is 1. The van der Waals surface area contributed by atoms with Crippen molar-refractivity contribution < 1.29 is 18.1 Å². The van der Waals surface area contributed by atoms with E-state index in [1.807, 2.05) is 0 Å². The monoisotopic (exact) mass is 408 g/mol. The standard InChI is InChI=1S/C19H22ClN3O3S/c1-2-22-11-13-23(14-12-22)19(24)17-5-3-4-6-18(17)21-27(25,26)16-9-7-15(20)8-10-16/h3-10,21H,2,11-14H2,1H3/p+1. The largest absolute Gasteiger partial charge is 0.332 e. The Kier molecular flexibility index (Phi) is 6.04. The van der Waals surface area contributed by atoms with Crippen LogP contribution >= 0.6 is 11.6 Å². The van der Waals surface area contributed by atoms with Crippen LogP contribution in [-0.4, -0.2) is 51.9 Å². The third-order valence-corrected chi connectivity index (χ3v) is 6.42. The lowest BCUT2D eigenvalue weighted by molar-refractivity contribution is -0.902. The molecule has 8 heteroatoms. The second-order valence-corrected chi connectivity index (χ2v) is 8.62. The highest BCUT2D eigenvalue weighted by Crippen LogP contribution is 2.22. The van der Waals surface area contributed by atoms with Crippen molar-refractivity contribution in [1.82, 2.24) is 4.90 Å². The predicted octanol–water partition coefficient (Wildman–Crippen LogP) is 1.50. The van der Waals surface area contributed by atoms with E-state index in [-0.39, 0.29) is 16.5 Å². The van der Waals surface area contributed by atoms with Crippen LogP contribution in [-0.2, 0) is 10.0 Å². The lowest BCUT2D eigenvalue weighted by atomic mass is 10.1. The smallest absolute Gasteiger partial charge is 0.261 e. The maximum atomic E-state index is 12.9. The second kappa shape index (κ2) is 8.29. The molecule has 2 N–H and O–H groups in total. The van der Waals surface area contributed by atoms with Crippen molar-refractivity contribution in [2.24, 2.45) is 0 Å². The van der Waals surface area contributed by atoms with Gasteiger partial charge in [-0.1, -0.05) is 23.7 Å². The minimum absolute atomic E-state index is 0.0920. The highest BCUT2D eigenvalue weighted by atomic mass is 35.5. The van der Waals surface area contributed by atoms with Gasteiger partial charge < -0.3 is 9.80 Å². The average molecular weight is 409 g/mol. The summed E-state index contributed by atoms with van der Waals surface area (Å²) < 4.78 is 27.9. The average Bonchev–Trinajstić information content (AvgIpc) is 2.68. The van der Waals surface area contributed by atoms with Gasteiger partial charge in [0.1, 0.15) is 0 Å². The highest BCUT2D eigenvalue weighted by molar-refractivity contribution is 7.92. The van der Waals surface area contributed by atoms with Gasteiger partial charge in [0, 0.05) is 5.02 Å². The molecule has 2 aromatic rings. The van der Waals surface area contributed by atoms with Gasteiger partial charge in [-0.3, -0.25) is 9.52 Å². The molecule has 1 aliphatic heterocycles. The molecular weight excluding hydrogens is 386 g/mol. The molecule has 0 unspecified atom stereocenters. The molecule has 0 spiro atoms. The van der Waals surface area contributed by atoms with Gasteiger partial charge in [0.05, 0.1) is 48.9 Å². The molecule has 0 atom stereocenters. The number of rotatable bonds is 5. The van der Waals surface area contributed by atoms with E-state index in [1.54, 1.807) is 29.2 Å². The number of hydrogen-bond acceptors (Lipinski definition) is 3. The number of carbonyl (C=O) groups is 1. The van der Waals surface area contributed by atoms with E-state index in [2.05, 4.69) is 11.6 Å². The van der Waals surface area contributed by atoms with Crippen LogP contribution in [0.2, 0.25) is 5.02 Å². The van der Waals surface area contributed by atoms with Crippen molar-refractivity contribution in [3.8, 4) is 0 Å². The number of piperazine rings is 1. The number of nitrogens with one attached hydrogen (secondary N) is 2. The molecule has 0 aromatic heterocycles. The Labute approximate surface area is 164 Å². The number of benzene rings is 2. The summed E-state index contributed by atoms with van der Waals surface area (Å²) in [6, 6.07) is 12.6. The molecular formula is C19H23ClN3O3S+. The third kappa shape index (κ3) is 4.61. The van der Waals surface area contributed by atoms with Gasteiger partial charge in [0.2, 0.25) is 0 Å². The summed E-state index contributed by atoms with van der Waals surface area (Å²) in [5.41, 5.74) is 0.637. The minimum atomic E-state index is -3.81. The molecule has 1 heterocycles. The highest BCUT2D eigenvalue weighted by Gasteiger charge is 2.26. The number of amides is 1. The van der Waals surface area contributed by atoms with Gasteiger partial charge in [-0.2, -0.15) is 0 Å². The summed E-state index contributed by atoms with van der Waals surface area (Å²) in [5.74, 6) is -0.153. The number of nitrogens with zero attached hydrogens (tertiary/aromatic N) is 1. The second-order valence-electron chi connectivity index (χ2n) is 6.50. The van der Waals surface area contributed by atoms with Crippen LogP contribution in [0.1, 0.15) is 17.3 Å². The zero-order chi connectivity index (χ0) is 19.4. The number of carbonyl (C=O) groups excluding carboxylic acids is 1. The van der Waals surface area contributed by atoms with Crippen molar-refractivity contribution in [3.05, 3.63) is 59.1 Å². The van der Waals surface area contributed by atoms with E-state index in [0.717, 1.165) is 19.6 Å². The van der Waals surface area contributed by atoms with Crippen LogP contribution in [0.25, 0.3) is 0 Å². The molecule has 1 fully saturated rings. The van der Waals surface area contributed by atoms with Crippen molar-refractivity contribution in [1.29, 1.82) is 0 Å². The molecule has 0 saturated carbocycles. The summed E-state index contributed by atoms with van der Waals surface area (Å²) in [6.45, 7) is 6.32. The van der Waals surface area contributed by atoms with E-state index >= 15 is 0 Å². The first-order valence-corrected chi connectivity index (χ1v) is 10.8. The summed E-state index contributed by atoms with van der Waals surface area (Å²) >= 11 is 5.83. The molecule has 0 bridgehead atoms. The minimum Gasteiger partial charge on any atom is -0.332 e. The van der Waals surface area contributed by atoms with Crippen LogP contribution in [0.3, 0.4) is 0 Å². The van der Waals surface area contributed by atoms with E-state index < -0.39 is 10.0 Å². The van der Waals surface area contributed by atoms with Gasteiger partial charge >= 0.3 is 0 Å². The molecule has 0 aliphatic carbocycles. The Morgan fingerprint density at radius 1 is 1.11 bits per heavy atom. The van der Waals surface area contributed by atoms with E-state index in [9.17, 15) is 13.2 Å². The van der Waals surface area contributed by atoms with Crippen LogP contribution in [0.4, 0.5) is 5.69 Å². The molecule has 1 amide bonds. The van der Waals surface area contributed by atoms with E-state index in [4.69, 9.17) is 11.6 Å². The molecule has 144 valence electrons. The number of para-hydroxylation sites is 1. The number of sulfonamides is 1. The predicted molar refractivity (Wildman–Crippen MR) is 106 cm³/mol. The van der Waals surface area contributed by atoms with Gasteiger partial charge in [-0.15, -0.1) is 0 Å². The van der Waals surface area contributed by atoms with Crippen LogP contribution < -0.4 is 9.62 Å². The van der Waals surface area contributed by atoms with Crippen LogP contribution in [0.15, 0.2) is 53.4 Å². The first kappa shape index (κ1) is 19.7. The summed E-state index contributed by atoms with van der Waals surface area (Å²) in [6.07, 6.45) is 0. The Balaban J connectivity index is 1.82. The first-order chi connectivity index (χ1) is 12.9. The summed E-state index contributed by atoms with van der Waals surface area (Å²) in [5, 5.41) is 0.456. The van der Waals surface area contributed by atoms with Gasteiger partial charge in [-0.05, 0) is 43.3 Å². The van der Waals surface area contributed by atoms with Crippen LogP contribution in [0.5, 0.6) is 0 Å². The van der Waals surface area contributed by atoms with Gasteiger partial charge in [-0.25, -0.2) is 8.42 Å². The molecule has 1 aliphatic rings. The Morgan fingerprint density at radius 2 is 1.74 bits per heavy atom. The van der Waals surface area contributed by atoms with Gasteiger partial charge in [0.15, 0.2) is 0 Å². The number of hydrogen-bond donors (Lipinski definition) is 2.